The fraction of sp³-hybridized carbons (Fsp3) is 0.474. The lowest BCUT2D eigenvalue weighted by Crippen LogP contribution is -2.47. The molecule has 5 nitrogen and oxygen atoms in total. The number of rotatable bonds is 7. The molecule has 1 aromatic carbocycles. The number of para-hydroxylation sites is 1. The lowest BCUT2D eigenvalue weighted by molar-refractivity contribution is -0.122. The second-order valence-electron chi connectivity index (χ2n) is 7.25. The Morgan fingerprint density at radius 1 is 1.36 bits per heavy atom. The summed E-state index contributed by atoms with van der Waals surface area (Å²) in [6.07, 6.45) is 4.66. The summed E-state index contributed by atoms with van der Waals surface area (Å²) < 4.78 is 21.0. The SMILES string of the molecule is Cn1cc(CCC(=O)N[C@@H](COc2ccccc2F)C(C)(C)C)cn1. The van der Waals surface area contributed by atoms with Crippen LogP contribution in [0.4, 0.5) is 4.39 Å². The minimum atomic E-state index is -0.405. The van der Waals surface area contributed by atoms with Crippen molar-refractivity contribution in [1.82, 2.24) is 15.1 Å². The van der Waals surface area contributed by atoms with Crippen LogP contribution in [0.25, 0.3) is 0 Å². The van der Waals surface area contributed by atoms with E-state index in [1.165, 1.54) is 6.07 Å². The molecule has 0 aliphatic heterocycles. The van der Waals surface area contributed by atoms with E-state index >= 15 is 0 Å². The van der Waals surface area contributed by atoms with Crippen molar-refractivity contribution in [2.75, 3.05) is 6.61 Å². The van der Waals surface area contributed by atoms with E-state index in [1.807, 2.05) is 34.0 Å². The summed E-state index contributed by atoms with van der Waals surface area (Å²) in [7, 11) is 1.85. The van der Waals surface area contributed by atoms with Crippen LogP contribution in [0.1, 0.15) is 32.8 Å². The quantitative estimate of drug-likeness (QED) is 0.837. The summed E-state index contributed by atoms with van der Waals surface area (Å²) in [6.45, 7) is 6.26. The van der Waals surface area contributed by atoms with Crippen molar-refractivity contribution < 1.29 is 13.9 Å². The summed E-state index contributed by atoms with van der Waals surface area (Å²) >= 11 is 0. The van der Waals surface area contributed by atoms with Gasteiger partial charge in [0.1, 0.15) is 6.61 Å². The topological polar surface area (TPSA) is 56.2 Å². The van der Waals surface area contributed by atoms with Crippen LogP contribution in [0.15, 0.2) is 36.7 Å². The van der Waals surface area contributed by atoms with E-state index in [2.05, 4.69) is 10.4 Å². The van der Waals surface area contributed by atoms with Crippen molar-refractivity contribution in [3.05, 3.63) is 48.0 Å². The number of hydrogen-bond donors (Lipinski definition) is 1. The lowest BCUT2D eigenvalue weighted by Gasteiger charge is -2.31. The maximum absolute atomic E-state index is 13.7. The Kier molecular flexibility index (Phi) is 6.17. The number of carbonyl (C=O) groups is 1. The van der Waals surface area contributed by atoms with E-state index in [1.54, 1.807) is 29.1 Å². The Morgan fingerprint density at radius 3 is 2.68 bits per heavy atom. The standard InChI is InChI=1S/C19H26FN3O2/c1-19(2,3)17(13-25-16-8-6-5-7-15(16)20)22-18(24)10-9-14-11-21-23(4)12-14/h5-8,11-12,17H,9-10,13H2,1-4H3,(H,22,24)/t17-/m0/s1. The van der Waals surface area contributed by atoms with Crippen molar-refractivity contribution in [3.8, 4) is 5.75 Å². The minimum absolute atomic E-state index is 0.0547. The summed E-state index contributed by atoms with van der Waals surface area (Å²) in [5, 5.41) is 7.11. The van der Waals surface area contributed by atoms with Crippen LogP contribution in [0.2, 0.25) is 0 Å². The van der Waals surface area contributed by atoms with Crippen LogP contribution in [0, 0.1) is 11.2 Å². The predicted molar refractivity (Wildman–Crippen MR) is 94.8 cm³/mol. The average Bonchev–Trinajstić information content (AvgIpc) is 2.95. The highest BCUT2D eigenvalue weighted by atomic mass is 19.1. The first kappa shape index (κ1) is 19.0. The maximum Gasteiger partial charge on any atom is 0.220 e. The summed E-state index contributed by atoms with van der Waals surface area (Å²) in [5.41, 5.74) is 0.808. The number of ether oxygens (including phenoxy) is 1. The van der Waals surface area contributed by atoms with Crippen LogP contribution in [0.3, 0.4) is 0 Å². The van der Waals surface area contributed by atoms with Gasteiger partial charge < -0.3 is 10.1 Å². The number of carbonyl (C=O) groups excluding carboxylic acids is 1. The van der Waals surface area contributed by atoms with E-state index < -0.39 is 5.82 Å². The third-order valence-electron chi connectivity index (χ3n) is 4.02. The molecule has 0 fully saturated rings. The molecule has 1 N–H and O–H groups in total. The van der Waals surface area contributed by atoms with Crippen LogP contribution < -0.4 is 10.1 Å². The maximum atomic E-state index is 13.7. The van der Waals surface area contributed by atoms with Gasteiger partial charge in [0.05, 0.1) is 12.2 Å². The van der Waals surface area contributed by atoms with Gasteiger partial charge in [-0.25, -0.2) is 4.39 Å². The smallest absolute Gasteiger partial charge is 0.220 e. The number of nitrogens with zero attached hydrogens (tertiary/aromatic N) is 2. The van der Waals surface area contributed by atoms with E-state index in [-0.39, 0.29) is 29.7 Å². The van der Waals surface area contributed by atoms with Gasteiger partial charge in [0, 0.05) is 19.7 Å². The molecule has 6 heteroatoms. The molecule has 0 saturated heterocycles. The van der Waals surface area contributed by atoms with Crippen molar-refractivity contribution in [3.63, 3.8) is 0 Å². The number of aromatic nitrogens is 2. The number of benzene rings is 1. The second kappa shape index (κ2) is 8.14. The number of hydrogen-bond acceptors (Lipinski definition) is 3. The molecule has 25 heavy (non-hydrogen) atoms. The average molecular weight is 347 g/mol. The number of amides is 1. The lowest BCUT2D eigenvalue weighted by atomic mass is 9.87. The molecule has 1 aromatic heterocycles. The third kappa shape index (κ3) is 5.89. The molecule has 1 amide bonds. The highest BCUT2D eigenvalue weighted by Crippen LogP contribution is 2.22. The van der Waals surface area contributed by atoms with Gasteiger partial charge in [-0.05, 0) is 29.5 Å². The number of halogens is 1. The first-order valence-corrected chi connectivity index (χ1v) is 8.40. The zero-order chi connectivity index (χ0) is 18.4. The summed E-state index contributed by atoms with van der Waals surface area (Å²) in [4.78, 5) is 12.3. The Morgan fingerprint density at radius 2 is 2.08 bits per heavy atom. The van der Waals surface area contributed by atoms with Crippen LogP contribution in [0.5, 0.6) is 5.75 Å². The van der Waals surface area contributed by atoms with Crippen LogP contribution in [-0.4, -0.2) is 28.3 Å². The van der Waals surface area contributed by atoms with Crippen molar-refractivity contribution in [2.24, 2.45) is 12.5 Å². The van der Waals surface area contributed by atoms with Gasteiger partial charge >= 0.3 is 0 Å². The van der Waals surface area contributed by atoms with Gasteiger partial charge in [-0.3, -0.25) is 9.48 Å². The van der Waals surface area contributed by atoms with Gasteiger partial charge in [0.25, 0.3) is 0 Å². The largest absolute Gasteiger partial charge is 0.488 e. The predicted octanol–water partition coefficient (Wildman–Crippen LogP) is 3.10. The normalized spacial score (nSPS) is 12.7. The summed E-state index contributed by atoms with van der Waals surface area (Å²) in [6, 6.07) is 6.04. The van der Waals surface area contributed by atoms with Crippen molar-refractivity contribution >= 4 is 5.91 Å². The van der Waals surface area contributed by atoms with Crippen LogP contribution >= 0.6 is 0 Å². The van der Waals surface area contributed by atoms with Gasteiger partial charge in [-0.15, -0.1) is 0 Å². The number of nitrogens with one attached hydrogen (secondary N) is 1. The molecular formula is C19H26FN3O2. The molecule has 2 aromatic rings. The zero-order valence-corrected chi connectivity index (χ0v) is 15.3. The zero-order valence-electron chi connectivity index (χ0n) is 15.3. The van der Waals surface area contributed by atoms with E-state index in [4.69, 9.17) is 4.74 Å². The number of aryl methyl sites for hydroxylation is 2. The van der Waals surface area contributed by atoms with Crippen molar-refractivity contribution in [2.45, 2.75) is 39.7 Å². The molecule has 0 aliphatic rings. The van der Waals surface area contributed by atoms with Gasteiger partial charge in [0.2, 0.25) is 5.91 Å². The fourth-order valence-electron chi connectivity index (χ4n) is 2.37. The Bertz CT molecular complexity index is 707. The second-order valence-corrected chi connectivity index (χ2v) is 7.25. The summed E-state index contributed by atoms with van der Waals surface area (Å²) in [5.74, 6) is -0.264. The Labute approximate surface area is 148 Å². The first-order valence-electron chi connectivity index (χ1n) is 8.40. The molecule has 0 bridgehead atoms. The fourth-order valence-corrected chi connectivity index (χ4v) is 2.37. The highest BCUT2D eigenvalue weighted by Gasteiger charge is 2.27. The Hall–Kier alpha value is -2.37. The van der Waals surface area contributed by atoms with Crippen LogP contribution in [-0.2, 0) is 18.3 Å². The molecular weight excluding hydrogens is 321 g/mol. The molecule has 1 heterocycles. The van der Waals surface area contributed by atoms with Gasteiger partial charge in [-0.1, -0.05) is 32.9 Å². The third-order valence-corrected chi connectivity index (χ3v) is 4.02. The molecule has 0 aliphatic carbocycles. The molecule has 0 saturated carbocycles. The monoisotopic (exact) mass is 347 g/mol. The minimum Gasteiger partial charge on any atom is -0.488 e. The highest BCUT2D eigenvalue weighted by molar-refractivity contribution is 5.76. The Balaban J connectivity index is 1.91. The molecule has 2 rings (SSSR count). The molecule has 0 unspecified atom stereocenters. The van der Waals surface area contributed by atoms with Gasteiger partial charge in [-0.2, -0.15) is 5.10 Å². The molecule has 1 atom stereocenters. The molecule has 0 spiro atoms. The molecule has 0 radical (unpaired) electrons. The first-order chi connectivity index (χ1) is 11.8. The van der Waals surface area contributed by atoms with E-state index in [0.717, 1.165) is 5.56 Å². The van der Waals surface area contributed by atoms with Crippen molar-refractivity contribution in [1.29, 1.82) is 0 Å². The van der Waals surface area contributed by atoms with E-state index in [9.17, 15) is 9.18 Å². The molecule has 136 valence electrons. The van der Waals surface area contributed by atoms with E-state index in [0.29, 0.717) is 12.8 Å². The van der Waals surface area contributed by atoms with Gasteiger partial charge in [0.15, 0.2) is 11.6 Å².